The summed E-state index contributed by atoms with van der Waals surface area (Å²) in [6, 6.07) is 23.6. The van der Waals surface area contributed by atoms with Crippen LogP contribution in [-0.4, -0.2) is 31.8 Å². The molecule has 0 saturated heterocycles. The molecule has 2 heterocycles. The fourth-order valence-electron chi connectivity index (χ4n) is 4.88. The second kappa shape index (κ2) is 12.3. The third-order valence-corrected chi connectivity index (χ3v) is 6.90. The van der Waals surface area contributed by atoms with Gasteiger partial charge in [0.15, 0.2) is 0 Å². The number of nitrogens with one attached hydrogen (secondary N) is 4. The van der Waals surface area contributed by atoms with Crippen molar-refractivity contribution in [2.24, 2.45) is 10.8 Å². The summed E-state index contributed by atoms with van der Waals surface area (Å²) in [4.78, 5) is 40.6. The van der Waals surface area contributed by atoms with E-state index in [1.807, 2.05) is 121 Å². The van der Waals surface area contributed by atoms with Crippen molar-refractivity contribution >= 4 is 23.2 Å². The van der Waals surface area contributed by atoms with Gasteiger partial charge in [0, 0.05) is 46.5 Å². The highest BCUT2D eigenvalue weighted by Crippen LogP contribution is 2.29. The summed E-state index contributed by atoms with van der Waals surface area (Å²) in [6.07, 6.45) is 4.57. The van der Waals surface area contributed by atoms with Gasteiger partial charge in [0.05, 0.1) is 23.8 Å². The number of anilines is 2. The number of hydrogen-bond donors (Lipinski definition) is 4. The number of imidazole rings is 2. The van der Waals surface area contributed by atoms with Crippen LogP contribution >= 0.6 is 0 Å². The lowest BCUT2D eigenvalue weighted by Crippen LogP contribution is -2.19. The SMILES string of the molecule is CC(C)(C)CC(=O)Nc1ccc(-c2ncc(-c3cccc(-c4cnc(-c5ccc(NC(=O)CC(C)(C)C)cc5)[nH]4)c3)[nH]2)cc1. The summed E-state index contributed by atoms with van der Waals surface area (Å²) in [5.74, 6) is 1.51. The van der Waals surface area contributed by atoms with Crippen LogP contribution in [0.25, 0.3) is 45.3 Å². The fraction of sp³-hybridized carbons (Fsp3) is 0.278. The predicted molar refractivity (Wildman–Crippen MR) is 178 cm³/mol. The Labute approximate surface area is 258 Å². The second-order valence-electron chi connectivity index (χ2n) is 13.6. The van der Waals surface area contributed by atoms with Crippen molar-refractivity contribution in [1.82, 2.24) is 19.9 Å². The summed E-state index contributed by atoms with van der Waals surface area (Å²) in [5, 5.41) is 5.93. The highest BCUT2D eigenvalue weighted by atomic mass is 16.2. The first-order chi connectivity index (χ1) is 20.8. The van der Waals surface area contributed by atoms with Crippen LogP contribution < -0.4 is 10.6 Å². The van der Waals surface area contributed by atoms with Crippen molar-refractivity contribution in [2.45, 2.75) is 54.4 Å². The Bertz CT molecular complexity index is 1620. The Kier molecular flexibility index (Phi) is 8.54. The molecule has 0 aliphatic carbocycles. The molecule has 0 spiro atoms. The number of aromatic amines is 2. The van der Waals surface area contributed by atoms with Crippen LogP contribution in [0.1, 0.15) is 54.4 Å². The molecule has 0 saturated carbocycles. The first kappa shape index (κ1) is 30.5. The van der Waals surface area contributed by atoms with Crippen molar-refractivity contribution in [1.29, 1.82) is 0 Å². The Morgan fingerprint density at radius 3 is 1.34 bits per heavy atom. The number of hydrogen-bond acceptors (Lipinski definition) is 4. The molecule has 2 amide bonds. The molecule has 8 heteroatoms. The molecule has 0 aliphatic rings. The van der Waals surface area contributed by atoms with Gasteiger partial charge >= 0.3 is 0 Å². The van der Waals surface area contributed by atoms with E-state index in [1.54, 1.807) is 0 Å². The quantitative estimate of drug-likeness (QED) is 0.145. The van der Waals surface area contributed by atoms with Crippen molar-refractivity contribution in [3.05, 3.63) is 85.2 Å². The molecule has 5 aromatic rings. The van der Waals surface area contributed by atoms with E-state index in [9.17, 15) is 9.59 Å². The minimum Gasteiger partial charge on any atom is -0.338 e. The van der Waals surface area contributed by atoms with E-state index in [-0.39, 0.29) is 22.6 Å². The lowest BCUT2D eigenvalue weighted by Gasteiger charge is -2.17. The predicted octanol–water partition coefficient (Wildman–Crippen LogP) is 8.55. The zero-order chi connectivity index (χ0) is 31.5. The smallest absolute Gasteiger partial charge is 0.224 e. The average Bonchev–Trinajstić information content (AvgIpc) is 3.63. The first-order valence-corrected chi connectivity index (χ1v) is 14.8. The van der Waals surface area contributed by atoms with E-state index >= 15 is 0 Å². The molecular weight excluding hydrogens is 548 g/mol. The molecule has 3 aromatic carbocycles. The van der Waals surface area contributed by atoms with E-state index in [0.717, 1.165) is 56.7 Å². The van der Waals surface area contributed by atoms with E-state index < -0.39 is 0 Å². The van der Waals surface area contributed by atoms with Crippen LogP contribution in [-0.2, 0) is 9.59 Å². The fourth-order valence-corrected chi connectivity index (χ4v) is 4.88. The van der Waals surface area contributed by atoms with Crippen LogP contribution in [0.2, 0.25) is 0 Å². The molecule has 0 radical (unpaired) electrons. The van der Waals surface area contributed by atoms with Gasteiger partial charge in [-0.2, -0.15) is 0 Å². The second-order valence-corrected chi connectivity index (χ2v) is 13.6. The third-order valence-electron chi connectivity index (χ3n) is 6.90. The largest absolute Gasteiger partial charge is 0.338 e. The number of rotatable bonds is 8. The van der Waals surface area contributed by atoms with Crippen molar-refractivity contribution in [3.63, 3.8) is 0 Å². The number of aromatic nitrogens is 4. The molecule has 0 atom stereocenters. The molecule has 0 aliphatic heterocycles. The van der Waals surface area contributed by atoms with Gasteiger partial charge in [-0.15, -0.1) is 0 Å². The molecule has 0 unspecified atom stereocenters. The summed E-state index contributed by atoms with van der Waals surface area (Å²) in [5.41, 5.74) is 7.05. The maximum absolute atomic E-state index is 12.3. The van der Waals surface area contributed by atoms with Gasteiger partial charge in [-0.25, -0.2) is 9.97 Å². The Hall–Kier alpha value is -4.98. The van der Waals surface area contributed by atoms with Gasteiger partial charge in [0.25, 0.3) is 0 Å². The number of benzene rings is 3. The molecule has 0 bridgehead atoms. The lowest BCUT2D eigenvalue weighted by atomic mass is 9.92. The summed E-state index contributed by atoms with van der Waals surface area (Å²) >= 11 is 0. The zero-order valence-electron chi connectivity index (χ0n) is 26.2. The summed E-state index contributed by atoms with van der Waals surface area (Å²) in [6.45, 7) is 12.3. The highest BCUT2D eigenvalue weighted by Gasteiger charge is 2.17. The Morgan fingerprint density at radius 1 is 0.591 bits per heavy atom. The standard InChI is InChI=1S/C36H40N6O2/c1-35(2,3)19-31(43)39-27-14-10-23(11-15-27)33-37-21-29(41-33)25-8-7-9-26(18-25)30-22-38-34(42-30)24-12-16-28(17-13-24)40-32(44)20-36(4,5)6/h7-18,21-22H,19-20H2,1-6H3,(H,37,41)(H,38,42)(H,39,43)(H,40,44). The number of amides is 2. The maximum atomic E-state index is 12.3. The molecule has 44 heavy (non-hydrogen) atoms. The van der Waals surface area contributed by atoms with Gasteiger partial charge in [-0.1, -0.05) is 59.7 Å². The number of nitrogens with zero attached hydrogens (tertiary/aromatic N) is 2. The molecule has 8 nitrogen and oxygen atoms in total. The van der Waals surface area contributed by atoms with Crippen LogP contribution in [0.5, 0.6) is 0 Å². The number of carbonyl (C=O) groups is 2. The number of H-pyrrole nitrogens is 2. The normalized spacial score (nSPS) is 11.8. The molecular formula is C36H40N6O2. The van der Waals surface area contributed by atoms with Crippen molar-refractivity contribution in [2.75, 3.05) is 10.6 Å². The first-order valence-electron chi connectivity index (χ1n) is 14.8. The van der Waals surface area contributed by atoms with E-state index in [1.165, 1.54) is 0 Å². The highest BCUT2D eigenvalue weighted by molar-refractivity contribution is 5.92. The van der Waals surface area contributed by atoms with Crippen molar-refractivity contribution in [3.8, 4) is 45.3 Å². The van der Waals surface area contributed by atoms with Gasteiger partial charge in [0.2, 0.25) is 11.8 Å². The summed E-state index contributed by atoms with van der Waals surface area (Å²) < 4.78 is 0. The molecule has 5 rings (SSSR count). The third kappa shape index (κ3) is 8.10. The van der Waals surface area contributed by atoms with Gasteiger partial charge in [-0.05, 0) is 65.4 Å². The molecule has 4 N–H and O–H groups in total. The van der Waals surface area contributed by atoms with Gasteiger partial charge < -0.3 is 20.6 Å². The van der Waals surface area contributed by atoms with Crippen LogP contribution in [0.4, 0.5) is 11.4 Å². The minimum absolute atomic E-state index is 0.00441. The lowest BCUT2D eigenvalue weighted by molar-refractivity contribution is -0.118. The van der Waals surface area contributed by atoms with Crippen molar-refractivity contribution < 1.29 is 9.59 Å². The average molecular weight is 589 g/mol. The Morgan fingerprint density at radius 2 is 0.977 bits per heavy atom. The van der Waals surface area contributed by atoms with Crippen LogP contribution in [0.3, 0.4) is 0 Å². The van der Waals surface area contributed by atoms with Crippen LogP contribution in [0.15, 0.2) is 85.2 Å². The van der Waals surface area contributed by atoms with Gasteiger partial charge in [0.1, 0.15) is 11.6 Å². The van der Waals surface area contributed by atoms with E-state index in [4.69, 9.17) is 0 Å². The Balaban J connectivity index is 1.25. The molecule has 2 aromatic heterocycles. The van der Waals surface area contributed by atoms with E-state index in [0.29, 0.717) is 12.8 Å². The monoisotopic (exact) mass is 588 g/mol. The summed E-state index contributed by atoms with van der Waals surface area (Å²) in [7, 11) is 0. The molecule has 226 valence electrons. The van der Waals surface area contributed by atoms with Crippen LogP contribution in [0, 0.1) is 10.8 Å². The number of carbonyl (C=O) groups excluding carboxylic acids is 2. The minimum atomic E-state index is -0.0645. The maximum Gasteiger partial charge on any atom is 0.224 e. The molecule has 0 fully saturated rings. The van der Waals surface area contributed by atoms with Gasteiger partial charge in [-0.3, -0.25) is 9.59 Å². The topological polar surface area (TPSA) is 116 Å². The van der Waals surface area contributed by atoms with E-state index in [2.05, 4.69) is 36.6 Å². The zero-order valence-corrected chi connectivity index (χ0v) is 26.2.